The van der Waals surface area contributed by atoms with Crippen molar-refractivity contribution in [2.75, 3.05) is 30.9 Å². The Labute approximate surface area is 173 Å². The van der Waals surface area contributed by atoms with Crippen LogP contribution in [0.3, 0.4) is 0 Å². The molecule has 0 heterocycles. The molecule has 2 aromatic rings. The fourth-order valence-electron chi connectivity index (χ4n) is 3.86. The van der Waals surface area contributed by atoms with Crippen molar-refractivity contribution in [3.05, 3.63) is 59.7 Å². The number of rotatable bonds is 7. The van der Waals surface area contributed by atoms with Crippen LogP contribution in [0.1, 0.15) is 48.0 Å². The van der Waals surface area contributed by atoms with Crippen LogP contribution in [0.5, 0.6) is 0 Å². The van der Waals surface area contributed by atoms with E-state index >= 15 is 0 Å². The minimum absolute atomic E-state index is 0.0674. The highest BCUT2D eigenvalue weighted by Crippen LogP contribution is 2.27. The molecule has 0 bridgehead atoms. The van der Waals surface area contributed by atoms with Crippen LogP contribution in [0.2, 0.25) is 0 Å². The molecule has 154 valence electrons. The molecule has 0 saturated heterocycles. The van der Waals surface area contributed by atoms with Gasteiger partial charge < -0.3 is 15.5 Å². The lowest BCUT2D eigenvalue weighted by atomic mass is 9.88. The summed E-state index contributed by atoms with van der Waals surface area (Å²) in [5.41, 5.74) is 3.27. The van der Waals surface area contributed by atoms with Gasteiger partial charge in [0.15, 0.2) is 0 Å². The number of nitrogens with one attached hydrogen (secondary N) is 2. The molecule has 0 spiro atoms. The molecule has 2 aromatic carbocycles. The van der Waals surface area contributed by atoms with Gasteiger partial charge in [-0.25, -0.2) is 0 Å². The van der Waals surface area contributed by atoms with Crippen molar-refractivity contribution in [1.29, 1.82) is 0 Å². The second-order valence-electron chi connectivity index (χ2n) is 7.94. The van der Waals surface area contributed by atoms with Gasteiger partial charge in [0.05, 0.1) is 5.56 Å². The standard InChI is InChI=1S/C24H31N3O2/c1-27(2)22-14-13-20(26-23(28)19-11-7-4-8-12-19)17-21(22)24(29)25-16-15-18-9-5-3-6-10-18/h3,5-6,9-10,13-14,17,19H,4,7-8,11-12,15-16H2,1-2H3,(H,25,29)(H,26,28). The third-order valence-electron chi connectivity index (χ3n) is 5.51. The number of amides is 2. The van der Waals surface area contributed by atoms with Crippen molar-refractivity contribution in [3.63, 3.8) is 0 Å². The number of anilines is 2. The normalized spacial score (nSPS) is 14.3. The molecule has 29 heavy (non-hydrogen) atoms. The molecule has 1 fully saturated rings. The fraction of sp³-hybridized carbons (Fsp3) is 0.417. The Morgan fingerprint density at radius 2 is 1.72 bits per heavy atom. The van der Waals surface area contributed by atoms with Gasteiger partial charge in [0.1, 0.15) is 0 Å². The maximum absolute atomic E-state index is 12.8. The van der Waals surface area contributed by atoms with Gasteiger partial charge >= 0.3 is 0 Å². The smallest absolute Gasteiger partial charge is 0.253 e. The van der Waals surface area contributed by atoms with E-state index in [4.69, 9.17) is 0 Å². The van der Waals surface area contributed by atoms with Gasteiger partial charge in [-0.2, -0.15) is 0 Å². The molecule has 5 nitrogen and oxygen atoms in total. The first-order chi connectivity index (χ1) is 14.0. The number of hydrogen-bond acceptors (Lipinski definition) is 3. The van der Waals surface area contributed by atoms with Crippen LogP contribution in [-0.2, 0) is 11.2 Å². The summed E-state index contributed by atoms with van der Waals surface area (Å²) >= 11 is 0. The molecular formula is C24H31N3O2. The van der Waals surface area contributed by atoms with E-state index in [0.717, 1.165) is 37.8 Å². The first-order valence-corrected chi connectivity index (χ1v) is 10.5. The van der Waals surface area contributed by atoms with Gasteiger partial charge in [-0.1, -0.05) is 49.6 Å². The molecule has 0 atom stereocenters. The molecule has 5 heteroatoms. The summed E-state index contributed by atoms with van der Waals surface area (Å²) < 4.78 is 0. The van der Waals surface area contributed by atoms with Crippen LogP contribution in [0.25, 0.3) is 0 Å². The summed E-state index contributed by atoms with van der Waals surface area (Å²) in [5.74, 6) is 0.0246. The van der Waals surface area contributed by atoms with Crippen molar-refractivity contribution in [2.24, 2.45) is 5.92 Å². The Bertz CT molecular complexity index is 827. The first kappa shape index (κ1) is 20.9. The highest BCUT2D eigenvalue weighted by molar-refractivity contribution is 6.02. The monoisotopic (exact) mass is 393 g/mol. The predicted octanol–water partition coefficient (Wildman–Crippen LogP) is 4.24. The Kier molecular flexibility index (Phi) is 7.28. The summed E-state index contributed by atoms with van der Waals surface area (Å²) in [5, 5.41) is 6.03. The van der Waals surface area contributed by atoms with Crippen LogP contribution in [0.4, 0.5) is 11.4 Å². The number of carbonyl (C=O) groups excluding carboxylic acids is 2. The van der Waals surface area contributed by atoms with Crippen LogP contribution in [-0.4, -0.2) is 32.5 Å². The van der Waals surface area contributed by atoms with E-state index in [2.05, 4.69) is 22.8 Å². The van der Waals surface area contributed by atoms with E-state index in [1.807, 2.05) is 49.3 Å². The van der Waals surface area contributed by atoms with Gasteiger partial charge in [-0.05, 0) is 43.0 Å². The van der Waals surface area contributed by atoms with Crippen molar-refractivity contribution in [1.82, 2.24) is 5.32 Å². The van der Waals surface area contributed by atoms with E-state index < -0.39 is 0 Å². The fourth-order valence-corrected chi connectivity index (χ4v) is 3.86. The summed E-state index contributed by atoms with van der Waals surface area (Å²) in [7, 11) is 3.83. The molecule has 1 saturated carbocycles. The summed E-state index contributed by atoms with van der Waals surface area (Å²) in [6.07, 6.45) is 6.14. The zero-order chi connectivity index (χ0) is 20.6. The zero-order valence-corrected chi connectivity index (χ0v) is 17.4. The minimum atomic E-state index is -0.126. The Morgan fingerprint density at radius 1 is 1.00 bits per heavy atom. The number of hydrogen-bond donors (Lipinski definition) is 2. The second kappa shape index (κ2) is 10.1. The zero-order valence-electron chi connectivity index (χ0n) is 17.4. The third kappa shape index (κ3) is 5.83. The molecule has 0 aliphatic heterocycles. The highest BCUT2D eigenvalue weighted by Gasteiger charge is 2.22. The van der Waals surface area contributed by atoms with Crippen molar-refractivity contribution < 1.29 is 9.59 Å². The number of carbonyl (C=O) groups is 2. The van der Waals surface area contributed by atoms with Gasteiger partial charge in [-0.3, -0.25) is 9.59 Å². The van der Waals surface area contributed by atoms with Crippen molar-refractivity contribution in [2.45, 2.75) is 38.5 Å². The lowest BCUT2D eigenvalue weighted by molar-refractivity contribution is -0.120. The Hall–Kier alpha value is -2.82. The number of nitrogens with zero attached hydrogens (tertiary/aromatic N) is 1. The minimum Gasteiger partial charge on any atom is -0.377 e. The lowest BCUT2D eigenvalue weighted by Gasteiger charge is -2.22. The maximum atomic E-state index is 12.8. The molecular weight excluding hydrogens is 362 g/mol. The van der Waals surface area contributed by atoms with E-state index in [-0.39, 0.29) is 17.7 Å². The largest absolute Gasteiger partial charge is 0.377 e. The van der Waals surface area contributed by atoms with Crippen LogP contribution < -0.4 is 15.5 Å². The Balaban J connectivity index is 1.67. The SMILES string of the molecule is CN(C)c1ccc(NC(=O)C2CCCCC2)cc1C(=O)NCCc1ccccc1. The maximum Gasteiger partial charge on any atom is 0.253 e. The van der Waals surface area contributed by atoms with E-state index in [1.165, 1.54) is 12.0 Å². The van der Waals surface area contributed by atoms with Crippen molar-refractivity contribution in [3.8, 4) is 0 Å². The molecule has 2 N–H and O–H groups in total. The average molecular weight is 394 g/mol. The number of benzene rings is 2. The first-order valence-electron chi connectivity index (χ1n) is 10.5. The van der Waals surface area contributed by atoms with E-state index in [9.17, 15) is 9.59 Å². The van der Waals surface area contributed by atoms with Crippen molar-refractivity contribution >= 4 is 23.2 Å². The molecule has 0 radical (unpaired) electrons. The van der Waals surface area contributed by atoms with Crippen LogP contribution >= 0.6 is 0 Å². The Morgan fingerprint density at radius 3 is 2.41 bits per heavy atom. The average Bonchev–Trinajstić information content (AvgIpc) is 2.75. The summed E-state index contributed by atoms with van der Waals surface area (Å²) in [4.78, 5) is 27.3. The topological polar surface area (TPSA) is 61.4 Å². The second-order valence-corrected chi connectivity index (χ2v) is 7.94. The summed E-state index contributed by atoms with van der Waals surface area (Å²) in [6, 6.07) is 15.6. The molecule has 3 rings (SSSR count). The molecule has 1 aliphatic rings. The molecule has 0 unspecified atom stereocenters. The molecule has 2 amide bonds. The third-order valence-corrected chi connectivity index (χ3v) is 5.51. The summed E-state index contributed by atoms with van der Waals surface area (Å²) in [6.45, 7) is 0.564. The van der Waals surface area contributed by atoms with E-state index in [1.54, 1.807) is 6.07 Å². The highest BCUT2D eigenvalue weighted by atomic mass is 16.2. The predicted molar refractivity (Wildman–Crippen MR) is 118 cm³/mol. The molecule has 1 aliphatic carbocycles. The quantitative estimate of drug-likeness (QED) is 0.739. The van der Waals surface area contributed by atoms with Gasteiger partial charge in [0.2, 0.25) is 5.91 Å². The lowest BCUT2D eigenvalue weighted by Crippen LogP contribution is -2.28. The van der Waals surface area contributed by atoms with Gasteiger partial charge in [0, 0.05) is 37.9 Å². The van der Waals surface area contributed by atoms with E-state index in [0.29, 0.717) is 17.8 Å². The van der Waals surface area contributed by atoms with Crippen LogP contribution in [0, 0.1) is 5.92 Å². The van der Waals surface area contributed by atoms with Crippen LogP contribution in [0.15, 0.2) is 48.5 Å². The van der Waals surface area contributed by atoms with Gasteiger partial charge in [0.25, 0.3) is 5.91 Å². The molecule has 0 aromatic heterocycles. The van der Waals surface area contributed by atoms with Gasteiger partial charge in [-0.15, -0.1) is 0 Å².